The number of nitrogens with two attached hydrogens (primary N) is 1. The summed E-state index contributed by atoms with van der Waals surface area (Å²) in [5.41, 5.74) is 7.60. The smallest absolute Gasteiger partial charge is 0.0630 e. The lowest BCUT2D eigenvalue weighted by atomic mass is 9.71. The van der Waals surface area contributed by atoms with Crippen LogP contribution in [0.15, 0.2) is 12.3 Å². The van der Waals surface area contributed by atoms with Crippen LogP contribution in [0.4, 0.5) is 0 Å². The summed E-state index contributed by atoms with van der Waals surface area (Å²) >= 11 is 0. The zero-order valence-electron chi connectivity index (χ0n) is 11.9. The third kappa shape index (κ3) is 2.94. The van der Waals surface area contributed by atoms with Crippen LogP contribution < -0.4 is 5.73 Å². The summed E-state index contributed by atoms with van der Waals surface area (Å²) in [5, 5.41) is 4.73. The van der Waals surface area contributed by atoms with Crippen LogP contribution in [0.1, 0.15) is 64.1 Å². The lowest BCUT2D eigenvalue weighted by molar-refractivity contribution is 0.195. The second kappa shape index (κ2) is 5.87. The van der Waals surface area contributed by atoms with Gasteiger partial charge in [0.15, 0.2) is 0 Å². The minimum atomic E-state index is 0.326. The largest absolute Gasteiger partial charge is 0.330 e. The monoisotopic (exact) mass is 249 g/mol. The van der Waals surface area contributed by atoms with Gasteiger partial charge < -0.3 is 5.73 Å². The van der Waals surface area contributed by atoms with Gasteiger partial charge in [0, 0.05) is 12.2 Å². The van der Waals surface area contributed by atoms with Crippen LogP contribution >= 0.6 is 0 Å². The maximum Gasteiger partial charge on any atom is 0.0630 e. The molecular weight excluding hydrogens is 222 g/mol. The first-order valence-electron chi connectivity index (χ1n) is 7.43. The lowest BCUT2D eigenvalue weighted by Gasteiger charge is -2.35. The van der Waals surface area contributed by atoms with E-state index in [0.29, 0.717) is 11.5 Å². The van der Waals surface area contributed by atoms with Crippen LogP contribution in [-0.2, 0) is 6.42 Å². The highest BCUT2D eigenvalue weighted by Gasteiger charge is 2.31. The van der Waals surface area contributed by atoms with Crippen LogP contribution in [0.5, 0.6) is 0 Å². The molecule has 3 heteroatoms. The third-order valence-electron chi connectivity index (χ3n) is 4.61. The molecule has 1 aromatic rings. The number of rotatable bonds is 5. The normalized spacial score (nSPS) is 20.8. The molecule has 1 saturated carbocycles. The molecule has 1 aliphatic carbocycles. The van der Waals surface area contributed by atoms with E-state index < -0.39 is 0 Å². The van der Waals surface area contributed by atoms with Crippen molar-refractivity contribution in [2.45, 2.75) is 64.8 Å². The SMILES string of the molecule is CCC(C)n1ccc(CC2(CN)CCCCC2)n1. The summed E-state index contributed by atoms with van der Waals surface area (Å²) in [7, 11) is 0. The molecule has 102 valence electrons. The highest BCUT2D eigenvalue weighted by atomic mass is 15.3. The van der Waals surface area contributed by atoms with Crippen molar-refractivity contribution in [1.29, 1.82) is 0 Å². The molecule has 0 radical (unpaired) electrons. The molecule has 2 N–H and O–H groups in total. The van der Waals surface area contributed by atoms with Crippen molar-refractivity contribution in [3.05, 3.63) is 18.0 Å². The van der Waals surface area contributed by atoms with Gasteiger partial charge in [-0.3, -0.25) is 4.68 Å². The fourth-order valence-electron chi connectivity index (χ4n) is 3.04. The second-order valence-corrected chi connectivity index (χ2v) is 5.99. The summed E-state index contributed by atoms with van der Waals surface area (Å²) in [6.07, 6.45) is 10.9. The van der Waals surface area contributed by atoms with Gasteiger partial charge in [0.2, 0.25) is 0 Å². The standard InChI is InChI=1S/C15H27N3/c1-3-13(2)18-10-7-14(17-18)11-15(12-16)8-5-4-6-9-15/h7,10,13H,3-6,8-9,11-12,16H2,1-2H3. The van der Waals surface area contributed by atoms with E-state index in [0.717, 1.165) is 19.4 Å². The van der Waals surface area contributed by atoms with Gasteiger partial charge in [0.25, 0.3) is 0 Å². The molecule has 1 aromatic heterocycles. The Morgan fingerprint density at radius 3 is 2.72 bits per heavy atom. The molecule has 0 spiro atoms. The van der Waals surface area contributed by atoms with Gasteiger partial charge in [0.1, 0.15) is 0 Å². The Kier molecular flexibility index (Phi) is 4.44. The molecule has 0 bridgehead atoms. The van der Waals surface area contributed by atoms with Crippen molar-refractivity contribution >= 4 is 0 Å². The van der Waals surface area contributed by atoms with E-state index >= 15 is 0 Å². The maximum absolute atomic E-state index is 6.04. The van der Waals surface area contributed by atoms with Gasteiger partial charge >= 0.3 is 0 Å². The number of nitrogens with zero attached hydrogens (tertiary/aromatic N) is 2. The first-order chi connectivity index (χ1) is 8.69. The van der Waals surface area contributed by atoms with Crippen molar-refractivity contribution in [2.75, 3.05) is 6.54 Å². The Morgan fingerprint density at radius 1 is 1.39 bits per heavy atom. The summed E-state index contributed by atoms with van der Waals surface area (Å²) < 4.78 is 2.10. The lowest BCUT2D eigenvalue weighted by Crippen LogP contribution is -2.35. The zero-order valence-corrected chi connectivity index (χ0v) is 11.9. The third-order valence-corrected chi connectivity index (χ3v) is 4.61. The summed E-state index contributed by atoms with van der Waals surface area (Å²) in [6, 6.07) is 2.68. The van der Waals surface area contributed by atoms with E-state index in [9.17, 15) is 0 Å². The zero-order chi connectivity index (χ0) is 13.0. The Labute approximate surface area is 111 Å². The van der Waals surface area contributed by atoms with Crippen LogP contribution in [0.3, 0.4) is 0 Å². The minimum absolute atomic E-state index is 0.326. The van der Waals surface area contributed by atoms with Gasteiger partial charge in [-0.05, 0) is 50.6 Å². The van der Waals surface area contributed by atoms with Crippen molar-refractivity contribution in [1.82, 2.24) is 9.78 Å². The van der Waals surface area contributed by atoms with Crippen LogP contribution in [0.25, 0.3) is 0 Å². The van der Waals surface area contributed by atoms with Crippen molar-refractivity contribution in [3.8, 4) is 0 Å². The van der Waals surface area contributed by atoms with E-state index in [4.69, 9.17) is 10.8 Å². The minimum Gasteiger partial charge on any atom is -0.330 e. The van der Waals surface area contributed by atoms with Gasteiger partial charge in [-0.15, -0.1) is 0 Å². The molecule has 0 saturated heterocycles. The average Bonchev–Trinajstić information content (AvgIpc) is 2.87. The van der Waals surface area contributed by atoms with Crippen molar-refractivity contribution in [2.24, 2.45) is 11.1 Å². The summed E-state index contributed by atoms with van der Waals surface area (Å²) in [5.74, 6) is 0. The van der Waals surface area contributed by atoms with Crippen molar-refractivity contribution in [3.63, 3.8) is 0 Å². The molecule has 3 nitrogen and oxygen atoms in total. The average molecular weight is 249 g/mol. The molecule has 0 aromatic carbocycles. The highest BCUT2D eigenvalue weighted by molar-refractivity contribution is 5.05. The van der Waals surface area contributed by atoms with Crippen LogP contribution in [0, 0.1) is 5.41 Å². The van der Waals surface area contributed by atoms with E-state index in [1.165, 1.54) is 37.8 Å². The first kappa shape index (κ1) is 13.6. The number of hydrogen-bond acceptors (Lipinski definition) is 2. The second-order valence-electron chi connectivity index (χ2n) is 5.99. The number of aromatic nitrogens is 2. The molecule has 1 atom stereocenters. The van der Waals surface area contributed by atoms with E-state index in [1.54, 1.807) is 0 Å². The van der Waals surface area contributed by atoms with E-state index in [2.05, 4.69) is 30.8 Å². The molecule has 18 heavy (non-hydrogen) atoms. The van der Waals surface area contributed by atoms with Crippen LogP contribution in [0.2, 0.25) is 0 Å². The Hall–Kier alpha value is -0.830. The van der Waals surface area contributed by atoms with Gasteiger partial charge in [0.05, 0.1) is 5.69 Å². The molecular formula is C15H27N3. The van der Waals surface area contributed by atoms with E-state index in [1.807, 2.05) is 0 Å². The highest BCUT2D eigenvalue weighted by Crippen LogP contribution is 2.38. The molecule has 1 fully saturated rings. The molecule has 1 unspecified atom stereocenters. The Bertz CT molecular complexity index is 364. The van der Waals surface area contributed by atoms with Gasteiger partial charge in [-0.2, -0.15) is 5.10 Å². The first-order valence-corrected chi connectivity index (χ1v) is 7.43. The molecule has 1 heterocycles. The van der Waals surface area contributed by atoms with Gasteiger partial charge in [-0.25, -0.2) is 0 Å². The van der Waals surface area contributed by atoms with Gasteiger partial charge in [-0.1, -0.05) is 26.2 Å². The Morgan fingerprint density at radius 2 is 2.11 bits per heavy atom. The molecule has 0 aliphatic heterocycles. The van der Waals surface area contributed by atoms with Crippen LogP contribution in [-0.4, -0.2) is 16.3 Å². The topological polar surface area (TPSA) is 43.8 Å². The molecule has 2 rings (SSSR count). The quantitative estimate of drug-likeness (QED) is 0.870. The van der Waals surface area contributed by atoms with E-state index in [-0.39, 0.29) is 0 Å². The Balaban J connectivity index is 2.05. The molecule has 0 amide bonds. The number of hydrogen-bond donors (Lipinski definition) is 1. The maximum atomic E-state index is 6.04. The summed E-state index contributed by atoms with van der Waals surface area (Å²) in [4.78, 5) is 0. The molecule has 1 aliphatic rings. The predicted octanol–water partition coefficient (Wildman–Crippen LogP) is 3.31. The van der Waals surface area contributed by atoms with Crippen molar-refractivity contribution < 1.29 is 0 Å². The predicted molar refractivity (Wildman–Crippen MR) is 75.5 cm³/mol. The fraction of sp³-hybridized carbons (Fsp3) is 0.800. The summed E-state index contributed by atoms with van der Waals surface area (Å²) in [6.45, 7) is 5.23. The fourth-order valence-corrected chi connectivity index (χ4v) is 3.04.